The molecule has 1 aliphatic carbocycles. The topological polar surface area (TPSA) is 330 Å². The normalized spacial score (nSPS) is 33.1. The van der Waals surface area contributed by atoms with Gasteiger partial charge in [-0.3, -0.25) is 0 Å². The first-order valence-corrected chi connectivity index (χ1v) is 12.2. The van der Waals surface area contributed by atoms with Crippen LogP contribution in [0.1, 0.15) is 0 Å². The number of hydrogen-bond acceptors (Lipinski definition) is 18. The second-order valence-electron chi connectivity index (χ2n) is 5.05. The van der Waals surface area contributed by atoms with Gasteiger partial charge in [-0.15, -0.1) is 0 Å². The third kappa shape index (κ3) is 8.62. The third-order valence-corrected chi connectivity index (χ3v) is 5.00. The lowest BCUT2D eigenvalue weighted by molar-refractivity contribution is -0.379. The van der Waals surface area contributed by atoms with Crippen LogP contribution in [0.4, 0.5) is 0 Å². The molecule has 2 N–H and O–H groups in total. The van der Waals surface area contributed by atoms with E-state index in [0.29, 0.717) is 0 Å². The average molecular weight is 492 g/mol. The molecule has 0 aromatic rings. The summed E-state index contributed by atoms with van der Waals surface area (Å²) in [6, 6.07) is 0. The predicted octanol–water partition coefficient (Wildman–Crippen LogP) is -8.42. The fraction of sp³-hybridized carbons (Fsp3) is 1.00. The highest BCUT2D eigenvalue weighted by atomic mass is 31.2. The van der Waals surface area contributed by atoms with Crippen LogP contribution in [0, 0.1) is 0 Å². The van der Waals surface area contributed by atoms with E-state index in [4.69, 9.17) is 0 Å². The zero-order chi connectivity index (χ0) is 22.3. The smallest absolute Gasteiger partial charge is 0.121 e. The molecule has 0 spiro atoms. The molecule has 28 heavy (non-hydrogen) atoms. The first-order valence-electron chi connectivity index (χ1n) is 6.38. The van der Waals surface area contributed by atoms with Gasteiger partial charge in [-0.05, 0) is 0 Å². The Morgan fingerprint density at radius 1 is 0.464 bits per heavy atom. The van der Waals surface area contributed by atoms with Crippen LogP contribution in [0.25, 0.3) is 0 Å². The monoisotopic (exact) mass is 492 g/mol. The number of aliphatic hydroxyl groups is 2. The minimum atomic E-state index is -6.28. The van der Waals surface area contributed by atoms with E-state index in [9.17, 15) is 67.6 Å². The van der Waals surface area contributed by atoms with E-state index in [-0.39, 0.29) is 0 Å². The minimum Gasteiger partial charge on any atom is -0.790 e. The minimum absolute atomic E-state index is 2.83. The molecule has 0 unspecified atom stereocenters. The summed E-state index contributed by atoms with van der Waals surface area (Å²) in [5.74, 6) is 0. The standard InChI is InChI=1S/C6H16O18P4/c7-1-2(8)4(22-26(12,13)14)6(24-28(18,19)20)5(23-27(15,16)17)3(1)21-25(9,10)11/h1-8H,(H2,9,10,11)(H2,12,13,14)(H2,15,16,17)(H2,18,19,20)/p-8/t1-,2-,3-,4+,5-,6-/m1/s1. The van der Waals surface area contributed by atoms with E-state index >= 15 is 0 Å². The summed E-state index contributed by atoms with van der Waals surface area (Å²) < 4.78 is 58.0. The molecule has 1 fully saturated rings. The Bertz CT molecular complexity index is 664. The van der Waals surface area contributed by atoms with Gasteiger partial charge in [0.05, 0.1) is 31.3 Å². The van der Waals surface area contributed by atoms with E-state index in [1.165, 1.54) is 0 Å². The maximum atomic E-state index is 10.8. The van der Waals surface area contributed by atoms with Gasteiger partial charge in [0.25, 0.3) is 0 Å². The van der Waals surface area contributed by atoms with Crippen LogP contribution in [0.2, 0.25) is 0 Å². The highest BCUT2D eigenvalue weighted by Crippen LogP contribution is 2.46. The number of phosphoric acid groups is 4. The van der Waals surface area contributed by atoms with Gasteiger partial charge in [0.2, 0.25) is 0 Å². The van der Waals surface area contributed by atoms with Crippen LogP contribution in [0.15, 0.2) is 0 Å². The van der Waals surface area contributed by atoms with Crippen molar-refractivity contribution in [2.75, 3.05) is 0 Å². The van der Waals surface area contributed by atoms with Gasteiger partial charge in [0.15, 0.2) is 0 Å². The molecule has 22 heteroatoms. The lowest BCUT2D eigenvalue weighted by atomic mass is 9.85. The van der Waals surface area contributed by atoms with Crippen LogP contribution in [-0.4, -0.2) is 46.8 Å². The second-order valence-corrected chi connectivity index (χ2v) is 9.47. The molecule has 0 aliphatic heterocycles. The van der Waals surface area contributed by atoms with E-state index in [1.54, 1.807) is 0 Å². The molecule has 1 aliphatic rings. The Morgan fingerprint density at radius 3 is 0.821 bits per heavy atom. The number of rotatable bonds is 8. The Balaban J connectivity index is 3.53. The van der Waals surface area contributed by atoms with Crippen molar-refractivity contribution in [1.82, 2.24) is 0 Å². The fourth-order valence-corrected chi connectivity index (χ4v) is 4.39. The van der Waals surface area contributed by atoms with Gasteiger partial charge >= 0.3 is 0 Å². The summed E-state index contributed by atoms with van der Waals surface area (Å²) in [6.07, 6.45) is -17.6. The molecule has 0 amide bonds. The number of aliphatic hydroxyl groups excluding tert-OH is 2. The Hall–Kier alpha value is 0.360. The maximum Gasteiger partial charge on any atom is 0.121 e. The van der Waals surface area contributed by atoms with E-state index in [1.807, 2.05) is 0 Å². The van der Waals surface area contributed by atoms with E-state index in [0.717, 1.165) is 0 Å². The van der Waals surface area contributed by atoms with Crippen molar-refractivity contribution in [3.8, 4) is 0 Å². The van der Waals surface area contributed by atoms with Crippen LogP contribution >= 0.6 is 31.3 Å². The Morgan fingerprint density at radius 2 is 0.643 bits per heavy atom. The molecule has 0 aromatic carbocycles. The van der Waals surface area contributed by atoms with E-state index in [2.05, 4.69) is 18.1 Å². The molecule has 1 rings (SSSR count). The molecule has 6 atom stereocenters. The highest BCUT2D eigenvalue weighted by Gasteiger charge is 2.54. The first-order chi connectivity index (χ1) is 12.2. The Labute approximate surface area is 154 Å². The molecule has 0 aromatic heterocycles. The zero-order valence-corrected chi connectivity index (χ0v) is 16.3. The van der Waals surface area contributed by atoms with Crippen molar-refractivity contribution in [3.63, 3.8) is 0 Å². The third-order valence-electron chi connectivity index (χ3n) is 3.00. The summed E-state index contributed by atoms with van der Waals surface area (Å²) in [6.45, 7) is 0. The van der Waals surface area contributed by atoms with Crippen molar-refractivity contribution in [2.45, 2.75) is 36.6 Å². The highest BCUT2D eigenvalue weighted by molar-refractivity contribution is 7.44. The number of hydrogen-bond donors (Lipinski definition) is 2. The van der Waals surface area contributed by atoms with Crippen molar-refractivity contribution in [2.24, 2.45) is 0 Å². The maximum absolute atomic E-state index is 10.8. The van der Waals surface area contributed by atoms with Gasteiger partial charge in [-0.25, -0.2) is 0 Å². The molecule has 0 radical (unpaired) electrons. The molecule has 0 heterocycles. The van der Waals surface area contributed by atoms with Crippen molar-refractivity contribution in [3.05, 3.63) is 0 Å². The van der Waals surface area contributed by atoms with Gasteiger partial charge in [0.1, 0.15) is 36.6 Å². The van der Waals surface area contributed by atoms with Crippen molar-refractivity contribution < 1.29 is 85.7 Å². The lowest BCUT2D eigenvalue weighted by Crippen LogP contribution is -2.66. The molecular formula is C6H8O18P4-8. The average Bonchev–Trinajstić information content (AvgIpc) is 2.39. The largest absolute Gasteiger partial charge is 0.790 e. The molecular weight excluding hydrogens is 484 g/mol. The SMILES string of the molecule is O=P([O-])([O-])O[C@H]1[C@H](OP(=O)([O-])[O-])[C@@H](OP(=O)([O-])[O-])[C@H](O)[C@@H](O)[C@H]1OP(=O)([O-])[O-]. The first kappa shape index (κ1) is 26.4. The zero-order valence-electron chi connectivity index (χ0n) is 12.7. The second kappa shape index (κ2) is 8.85. The molecule has 0 bridgehead atoms. The molecule has 18 nitrogen and oxygen atoms in total. The van der Waals surface area contributed by atoms with Crippen molar-refractivity contribution >= 4 is 31.3 Å². The number of phosphoric ester groups is 4. The van der Waals surface area contributed by atoms with Crippen molar-refractivity contribution in [1.29, 1.82) is 0 Å². The molecule has 0 saturated heterocycles. The van der Waals surface area contributed by atoms with E-state index < -0.39 is 67.9 Å². The summed E-state index contributed by atoms with van der Waals surface area (Å²) in [4.78, 5) is 86.3. The Kier molecular flexibility index (Phi) is 8.34. The van der Waals surface area contributed by atoms with Crippen LogP contribution < -0.4 is 39.1 Å². The van der Waals surface area contributed by atoms with Gasteiger partial charge in [0, 0.05) is 0 Å². The quantitative estimate of drug-likeness (QED) is 0.297. The van der Waals surface area contributed by atoms with Crippen LogP contribution in [-0.2, 0) is 36.4 Å². The van der Waals surface area contributed by atoms with Crippen LogP contribution in [0.3, 0.4) is 0 Å². The predicted molar refractivity (Wildman–Crippen MR) is 61.9 cm³/mol. The summed E-state index contributed by atoms with van der Waals surface area (Å²) in [5, 5.41) is 19.5. The summed E-state index contributed by atoms with van der Waals surface area (Å²) in [5.41, 5.74) is 0. The summed E-state index contributed by atoms with van der Waals surface area (Å²) in [7, 11) is -24.9. The van der Waals surface area contributed by atoms with Gasteiger partial charge in [-0.2, -0.15) is 0 Å². The molecule has 1 saturated carbocycles. The van der Waals surface area contributed by atoms with Crippen LogP contribution in [0.5, 0.6) is 0 Å². The lowest BCUT2D eigenvalue weighted by Gasteiger charge is -2.53. The van der Waals surface area contributed by atoms with Gasteiger partial charge in [-0.1, -0.05) is 0 Å². The molecule has 168 valence electrons. The van der Waals surface area contributed by atoms with Gasteiger partial charge < -0.3 is 85.7 Å². The summed E-state index contributed by atoms with van der Waals surface area (Å²) >= 11 is 0. The fourth-order valence-electron chi connectivity index (χ4n) is 2.23.